The first-order chi connectivity index (χ1) is 9.88. The maximum atomic E-state index is 4.97. The van der Waals surface area contributed by atoms with Crippen molar-refractivity contribution < 1.29 is 4.74 Å². The van der Waals surface area contributed by atoms with Gasteiger partial charge in [-0.05, 0) is 12.1 Å². The van der Waals surface area contributed by atoms with Gasteiger partial charge in [0, 0.05) is 24.3 Å². The van der Waals surface area contributed by atoms with Gasteiger partial charge in [-0.1, -0.05) is 18.2 Å². The van der Waals surface area contributed by atoms with E-state index in [1.165, 1.54) is 4.90 Å². The van der Waals surface area contributed by atoms with Crippen LogP contribution in [0.3, 0.4) is 0 Å². The van der Waals surface area contributed by atoms with Crippen molar-refractivity contribution in [3.63, 3.8) is 0 Å². The van der Waals surface area contributed by atoms with Gasteiger partial charge in [-0.3, -0.25) is 4.68 Å². The number of thioether (sulfide) groups is 1. The second kappa shape index (κ2) is 8.73. The van der Waals surface area contributed by atoms with Gasteiger partial charge >= 0.3 is 0 Å². The van der Waals surface area contributed by atoms with Gasteiger partial charge in [0.1, 0.15) is 6.33 Å². The lowest BCUT2D eigenvalue weighted by atomic mass is 10.4. The predicted molar refractivity (Wildman–Crippen MR) is 80.8 cm³/mol. The molecule has 2 rings (SSSR count). The summed E-state index contributed by atoms with van der Waals surface area (Å²) in [6.45, 7) is 3.07. The number of rotatable bonds is 9. The van der Waals surface area contributed by atoms with Crippen molar-refractivity contribution in [1.82, 2.24) is 20.1 Å². The molecule has 1 heterocycles. The fraction of sp³-hybridized carbons (Fsp3) is 0.429. The molecule has 0 atom stereocenters. The normalized spacial score (nSPS) is 10.8. The summed E-state index contributed by atoms with van der Waals surface area (Å²) in [6, 6.07) is 10.4. The molecule has 2 aromatic rings. The van der Waals surface area contributed by atoms with E-state index in [-0.39, 0.29) is 0 Å². The zero-order chi connectivity index (χ0) is 14.0. The standard InChI is InChI=1S/C14H20N4OS/c1-19-9-7-15-11-14-16-12-18(17-14)8-10-20-13-5-3-2-4-6-13/h2-6,12,15H,7-11H2,1H3. The van der Waals surface area contributed by atoms with Crippen molar-refractivity contribution >= 4 is 11.8 Å². The van der Waals surface area contributed by atoms with Crippen LogP contribution in [0.15, 0.2) is 41.6 Å². The molecule has 108 valence electrons. The van der Waals surface area contributed by atoms with Crippen molar-refractivity contribution in [2.75, 3.05) is 26.0 Å². The van der Waals surface area contributed by atoms with E-state index in [0.717, 1.165) is 24.7 Å². The van der Waals surface area contributed by atoms with Crippen LogP contribution < -0.4 is 5.32 Å². The molecule has 5 nitrogen and oxygen atoms in total. The Morgan fingerprint density at radius 2 is 2.15 bits per heavy atom. The zero-order valence-electron chi connectivity index (χ0n) is 11.7. The first kappa shape index (κ1) is 15.0. The lowest BCUT2D eigenvalue weighted by Crippen LogP contribution is -2.19. The van der Waals surface area contributed by atoms with E-state index in [4.69, 9.17) is 4.74 Å². The van der Waals surface area contributed by atoms with Crippen LogP contribution in [0.5, 0.6) is 0 Å². The summed E-state index contributed by atoms with van der Waals surface area (Å²) in [6.07, 6.45) is 1.79. The number of aromatic nitrogens is 3. The van der Waals surface area contributed by atoms with E-state index in [1.54, 1.807) is 13.4 Å². The van der Waals surface area contributed by atoms with Crippen LogP contribution in [0, 0.1) is 0 Å². The minimum atomic E-state index is 0.683. The highest BCUT2D eigenvalue weighted by Crippen LogP contribution is 2.16. The lowest BCUT2D eigenvalue weighted by Gasteiger charge is -2.02. The molecule has 0 amide bonds. The van der Waals surface area contributed by atoms with E-state index < -0.39 is 0 Å². The molecule has 0 fully saturated rings. The Hall–Kier alpha value is -1.37. The average molecular weight is 292 g/mol. The monoisotopic (exact) mass is 292 g/mol. The molecule has 0 unspecified atom stereocenters. The summed E-state index contributed by atoms with van der Waals surface area (Å²) >= 11 is 1.83. The van der Waals surface area contributed by atoms with Gasteiger partial charge in [0.05, 0.1) is 19.7 Å². The lowest BCUT2D eigenvalue weighted by molar-refractivity contribution is 0.199. The zero-order valence-corrected chi connectivity index (χ0v) is 12.5. The Labute approximate surface area is 123 Å². The van der Waals surface area contributed by atoms with Crippen molar-refractivity contribution in [2.24, 2.45) is 0 Å². The van der Waals surface area contributed by atoms with E-state index in [9.17, 15) is 0 Å². The number of nitrogens with one attached hydrogen (secondary N) is 1. The molecule has 0 aliphatic rings. The smallest absolute Gasteiger partial charge is 0.164 e. The Balaban J connectivity index is 1.67. The van der Waals surface area contributed by atoms with E-state index >= 15 is 0 Å². The van der Waals surface area contributed by atoms with Crippen LogP contribution in [-0.2, 0) is 17.8 Å². The number of nitrogens with zero attached hydrogens (tertiary/aromatic N) is 3. The van der Waals surface area contributed by atoms with Crippen molar-refractivity contribution in [1.29, 1.82) is 0 Å². The third kappa shape index (κ3) is 5.32. The first-order valence-electron chi connectivity index (χ1n) is 6.64. The Morgan fingerprint density at radius 1 is 1.30 bits per heavy atom. The van der Waals surface area contributed by atoms with Gasteiger partial charge in [0.25, 0.3) is 0 Å². The number of aryl methyl sites for hydroxylation is 1. The largest absolute Gasteiger partial charge is 0.383 e. The molecule has 0 aliphatic carbocycles. The van der Waals surface area contributed by atoms with Gasteiger partial charge in [-0.25, -0.2) is 4.98 Å². The van der Waals surface area contributed by atoms with Gasteiger partial charge in [-0.2, -0.15) is 5.10 Å². The second-order valence-electron chi connectivity index (χ2n) is 4.25. The van der Waals surface area contributed by atoms with E-state index in [1.807, 2.05) is 22.5 Å². The van der Waals surface area contributed by atoms with Gasteiger partial charge in [0.2, 0.25) is 0 Å². The minimum Gasteiger partial charge on any atom is -0.383 e. The summed E-state index contributed by atoms with van der Waals surface area (Å²) in [5, 5.41) is 7.66. The molecular formula is C14H20N4OS. The quantitative estimate of drug-likeness (QED) is 0.564. The highest BCUT2D eigenvalue weighted by molar-refractivity contribution is 7.99. The number of methoxy groups -OCH3 is 1. The minimum absolute atomic E-state index is 0.683. The maximum absolute atomic E-state index is 4.97. The van der Waals surface area contributed by atoms with Crippen molar-refractivity contribution in [3.8, 4) is 0 Å². The molecule has 0 radical (unpaired) electrons. The SMILES string of the molecule is COCCNCc1ncn(CCSc2ccccc2)n1. The van der Waals surface area contributed by atoms with Gasteiger partial charge in [0.15, 0.2) is 5.82 Å². The summed E-state index contributed by atoms with van der Waals surface area (Å²) in [4.78, 5) is 5.56. The van der Waals surface area contributed by atoms with Crippen LogP contribution in [0.2, 0.25) is 0 Å². The topological polar surface area (TPSA) is 52.0 Å². The molecule has 1 N–H and O–H groups in total. The summed E-state index contributed by atoms with van der Waals surface area (Å²) in [5.74, 6) is 1.81. The predicted octanol–water partition coefficient (Wildman–Crippen LogP) is 1.81. The van der Waals surface area contributed by atoms with Crippen molar-refractivity contribution in [2.45, 2.75) is 18.0 Å². The van der Waals surface area contributed by atoms with Crippen molar-refractivity contribution in [3.05, 3.63) is 42.5 Å². The fourth-order valence-electron chi connectivity index (χ4n) is 1.67. The van der Waals surface area contributed by atoms with Gasteiger partial charge < -0.3 is 10.1 Å². The highest BCUT2D eigenvalue weighted by atomic mass is 32.2. The Morgan fingerprint density at radius 3 is 2.95 bits per heavy atom. The average Bonchev–Trinajstić information content (AvgIpc) is 2.93. The number of hydrogen-bond acceptors (Lipinski definition) is 5. The number of hydrogen-bond donors (Lipinski definition) is 1. The first-order valence-corrected chi connectivity index (χ1v) is 7.63. The molecule has 0 bridgehead atoms. The molecular weight excluding hydrogens is 272 g/mol. The van der Waals surface area contributed by atoms with E-state index in [0.29, 0.717) is 13.2 Å². The molecule has 0 saturated carbocycles. The highest BCUT2D eigenvalue weighted by Gasteiger charge is 2.00. The summed E-state index contributed by atoms with van der Waals surface area (Å²) < 4.78 is 6.86. The van der Waals surface area contributed by atoms with Crippen LogP contribution in [0.25, 0.3) is 0 Å². The summed E-state index contributed by atoms with van der Waals surface area (Å²) in [7, 11) is 1.69. The third-order valence-electron chi connectivity index (χ3n) is 2.68. The van der Waals surface area contributed by atoms with E-state index in [2.05, 4.69) is 39.7 Å². The van der Waals surface area contributed by atoms with Crippen LogP contribution in [0.4, 0.5) is 0 Å². The molecule has 6 heteroatoms. The fourth-order valence-corrected chi connectivity index (χ4v) is 2.53. The number of ether oxygens (including phenoxy) is 1. The maximum Gasteiger partial charge on any atom is 0.164 e. The second-order valence-corrected chi connectivity index (χ2v) is 5.42. The Bertz CT molecular complexity index is 489. The van der Waals surface area contributed by atoms with Crippen LogP contribution in [0.1, 0.15) is 5.82 Å². The number of benzene rings is 1. The molecule has 1 aromatic carbocycles. The molecule has 0 spiro atoms. The molecule has 20 heavy (non-hydrogen) atoms. The molecule has 1 aromatic heterocycles. The van der Waals surface area contributed by atoms with Crippen LogP contribution >= 0.6 is 11.8 Å². The Kier molecular flexibility index (Phi) is 6.56. The van der Waals surface area contributed by atoms with Crippen LogP contribution in [-0.4, -0.2) is 40.8 Å². The molecule has 0 aliphatic heterocycles. The van der Waals surface area contributed by atoms with Gasteiger partial charge in [-0.15, -0.1) is 11.8 Å². The third-order valence-corrected chi connectivity index (χ3v) is 3.67. The summed E-state index contributed by atoms with van der Waals surface area (Å²) in [5.41, 5.74) is 0. The molecule has 0 saturated heterocycles.